The zero-order valence-electron chi connectivity index (χ0n) is 15.9. The van der Waals surface area contributed by atoms with Gasteiger partial charge in [-0.15, -0.1) is 0 Å². The summed E-state index contributed by atoms with van der Waals surface area (Å²) in [6, 6.07) is 7.53. The van der Waals surface area contributed by atoms with Crippen LogP contribution in [0.4, 0.5) is 11.5 Å². The van der Waals surface area contributed by atoms with E-state index in [-0.39, 0.29) is 12.1 Å². The molecule has 2 atom stereocenters. The number of H-pyrrole nitrogens is 1. The van der Waals surface area contributed by atoms with Crippen LogP contribution in [-0.4, -0.2) is 53.2 Å². The molecule has 1 aliphatic heterocycles. The van der Waals surface area contributed by atoms with Gasteiger partial charge in [-0.2, -0.15) is 5.26 Å². The van der Waals surface area contributed by atoms with Crippen molar-refractivity contribution in [2.75, 3.05) is 30.4 Å². The number of ether oxygens (including phenoxy) is 1. The van der Waals surface area contributed by atoms with Crippen molar-refractivity contribution >= 4 is 28.4 Å². The number of amides is 1. The van der Waals surface area contributed by atoms with Crippen LogP contribution in [0.5, 0.6) is 0 Å². The van der Waals surface area contributed by atoms with E-state index < -0.39 is 5.91 Å². The summed E-state index contributed by atoms with van der Waals surface area (Å²) in [6.07, 6.45) is 5.47. The lowest BCUT2D eigenvalue weighted by Crippen LogP contribution is -2.51. The molecule has 0 aliphatic carbocycles. The topological polar surface area (TPSA) is 133 Å². The third-order valence-electron chi connectivity index (χ3n) is 5.24. The van der Waals surface area contributed by atoms with Gasteiger partial charge in [0.1, 0.15) is 17.5 Å². The summed E-state index contributed by atoms with van der Waals surface area (Å²) < 4.78 is 5.74. The second kappa shape index (κ2) is 7.77. The number of carbonyl (C=O) groups excluding carboxylic acids is 1. The number of pyridine rings is 2. The van der Waals surface area contributed by atoms with E-state index in [0.717, 1.165) is 24.2 Å². The first-order valence-electron chi connectivity index (χ1n) is 9.27. The summed E-state index contributed by atoms with van der Waals surface area (Å²) in [5.41, 5.74) is 7.80. The number of hydrogen-bond donors (Lipinski definition) is 3. The van der Waals surface area contributed by atoms with Gasteiger partial charge < -0.3 is 25.7 Å². The molecule has 1 amide bonds. The first-order chi connectivity index (χ1) is 14.1. The quantitative estimate of drug-likeness (QED) is 0.602. The molecule has 3 aromatic rings. The standard InChI is InChI=1S/C20H21N7O2/c1-29-16-11-27(17-3-2-12(8-21)9-24-17)7-5-15(16)26-18-13-4-6-23-20(13)25-10-14(18)19(22)28/h2-4,6,9-10,15-16H,5,7,11H2,1H3,(H2,22,28)(H2,23,25,26)/t15-,16+/m1/s1. The maximum absolute atomic E-state index is 11.9. The van der Waals surface area contributed by atoms with Crippen molar-refractivity contribution < 1.29 is 9.53 Å². The van der Waals surface area contributed by atoms with E-state index in [1.54, 1.807) is 25.6 Å². The van der Waals surface area contributed by atoms with E-state index in [9.17, 15) is 4.79 Å². The van der Waals surface area contributed by atoms with Gasteiger partial charge in [0.25, 0.3) is 5.91 Å². The molecule has 29 heavy (non-hydrogen) atoms. The van der Waals surface area contributed by atoms with Gasteiger partial charge in [0.2, 0.25) is 0 Å². The summed E-state index contributed by atoms with van der Waals surface area (Å²) in [5, 5.41) is 13.2. The molecule has 0 saturated carbocycles. The van der Waals surface area contributed by atoms with Crippen molar-refractivity contribution in [2.45, 2.75) is 18.6 Å². The Labute approximate surface area is 167 Å². The SMILES string of the molecule is CO[C@H]1CN(c2ccc(C#N)cn2)CC[C@H]1Nc1c(C(N)=O)cnc2[nH]ccc12. The summed E-state index contributed by atoms with van der Waals surface area (Å²) >= 11 is 0. The van der Waals surface area contributed by atoms with Crippen molar-refractivity contribution in [2.24, 2.45) is 5.73 Å². The monoisotopic (exact) mass is 391 g/mol. The van der Waals surface area contributed by atoms with Crippen LogP contribution in [0.2, 0.25) is 0 Å². The molecule has 3 aromatic heterocycles. The molecule has 9 heteroatoms. The lowest BCUT2D eigenvalue weighted by Gasteiger charge is -2.39. The molecule has 1 fully saturated rings. The fourth-order valence-corrected chi connectivity index (χ4v) is 3.70. The van der Waals surface area contributed by atoms with Crippen molar-refractivity contribution in [3.63, 3.8) is 0 Å². The van der Waals surface area contributed by atoms with Crippen LogP contribution in [-0.2, 0) is 4.74 Å². The number of nitrogens with two attached hydrogens (primary N) is 1. The smallest absolute Gasteiger partial charge is 0.252 e. The number of aromatic amines is 1. The van der Waals surface area contributed by atoms with Crippen LogP contribution in [0.1, 0.15) is 22.3 Å². The normalized spacial score (nSPS) is 19.1. The highest BCUT2D eigenvalue weighted by molar-refractivity contribution is 6.06. The van der Waals surface area contributed by atoms with Crippen molar-refractivity contribution in [3.8, 4) is 6.07 Å². The fraction of sp³-hybridized carbons (Fsp3) is 0.300. The molecule has 4 N–H and O–H groups in total. The molecule has 4 rings (SSSR count). The number of rotatable bonds is 5. The molecule has 0 unspecified atom stereocenters. The summed E-state index contributed by atoms with van der Waals surface area (Å²) in [4.78, 5) is 25.7. The third kappa shape index (κ3) is 3.58. The van der Waals surface area contributed by atoms with Crippen LogP contribution in [0.3, 0.4) is 0 Å². The summed E-state index contributed by atoms with van der Waals surface area (Å²) in [6.45, 7) is 1.38. The van der Waals surface area contributed by atoms with Gasteiger partial charge in [0.15, 0.2) is 0 Å². The number of primary amides is 1. The van der Waals surface area contributed by atoms with Crippen molar-refractivity contribution in [1.29, 1.82) is 5.26 Å². The molecular formula is C20H21N7O2. The molecule has 9 nitrogen and oxygen atoms in total. The maximum Gasteiger partial charge on any atom is 0.252 e. The molecule has 148 valence electrons. The molecular weight excluding hydrogens is 370 g/mol. The van der Waals surface area contributed by atoms with Crippen LogP contribution < -0.4 is 16.0 Å². The van der Waals surface area contributed by atoms with Gasteiger partial charge in [-0.3, -0.25) is 4.79 Å². The fourth-order valence-electron chi connectivity index (χ4n) is 3.70. The number of nitrogens with one attached hydrogen (secondary N) is 2. The van der Waals surface area contributed by atoms with Crippen LogP contribution in [0, 0.1) is 11.3 Å². The Hall–Kier alpha value is -3.64. The average molecular weight is 391 g/mol. The van der Waals surface area contributed by atoms with E-state index in [0.29, 0.717) is 29.0 Å². The highest BCUT2D eigenvalue weighted by Gasteiger charge is 2.31. The molecule has 0 aromatic carbocycles. The molecule has 0 radical (unpaired) electrons. The van der Waals surface area contributed by atoms with Gasteiger partial charge in [-0.1, -0.05) is 0 Å². The second-order valence-electron chi connectivity index (χ2n) is 6.93. The van der Waals surface area contributed by atoms with Crippen molar-refractivity contribution in [1.82, 2.24) is 15.0 Å². The predicted octanol–water partition coefficient (Wildman–Crippen LogP) is 1.63. The predicted molar refractivity (Wildman–Crippen MR) is 109 cm³/mol. The molecule has 0 spiro atoms. The first kappa shape index (κ1) is 18.7. The highest BCUT2D eigenvalue weighted by atomic mass is 16.5. The third-order valence-corrected chi connectivity index (χ3v) is 5.24. The van der Waals surface area contributed by atoms with Crippen molar-refractivity contribution in [3.05, 3.63) is 47.9 Å². The number of fused-ring (bicyclic) bond motifs is 1. The van der Waals surface area contributed by atoms with Gasteiger partial charge >= 0.3 is 0 Å². The van der Waals surface area contributed by atoms with Gasteiger partial charge in [-0.25, -0.2) is 9.97 Å². The Morgan fingerprint density at radius 2 is 2.24 bits per heavy atom. The van der Waals surface area contributed by atoms with Gasteiger partial charge in [0.05, 0.1) is 29.0 Å². The average Bonchev–Trinajstić information content (AvgIpc) is 3.23. The number of carbonyl (C=O) groups is 1. The second-order valence-corrected chi connectivity index (χ2v) is 6.93. The summed E-state index contributed by atoms with van der Waals surface area (Å²) in [5.74, 6) is 0.274. The van der Waals surface area contributed by atoms with Crippen LogP contribution in [0.25, 0.3) is 11.0 Å². The van der Waals surface area contributed by atoms with E-state index in [2.05, 4.69) is 31.2 Å². The van der Waals surface area contributed by atoms with E-state index in [1.165, 1.54) is 6.20 Å². The minimum absolute atomic E-state index is 0.0202. The largest absolute Gasteiger partial charge is 0.378 e. The van der Waals surface area contributed by atoms with Gasteiger partial charge in [-0.05, 0) is 24.6 Å². The number of hydrogen-bond acceptors (Lipinski definition) is 7. The Morgan fingerprint density at radius 3 is 2.93 bits per heavy atom. The number of methoxy groups -OCH3 is 1. The lowest BCUT2D eigenvalue weighted by molar-refractivity contribution is 0.0788. The van der Waals surface area contributed by atoms with Gasteiger partial charge in [0, 0.05) is 44.2 Å². The minimum atomic E-state index is -0.531. The number of aromatic nitrogens is 3. The number of anilines is 2. The number of nitrogens with zero attached hydrogens (tertiary/aromatic N) is 4. The van der Waals surface area contributed by atoms with E-state index in [4.69, 9.17) is 15.7 Å². The van der Waals surface area contributed by atoms with Crippen LogP contribution >= 0.6 is 0 Å². The molecule has 0 bridgehead atoms. The zero-order valence-corrected chi connectivity index (χ0v) is 15.9. The molecule has 4 heterocycles. The van der Waals surface area contributed by atoms with Crippen LogP contribution in [0.15, 0.2) is 36.8 Å². The summed E-state index contributed by atoms with van der Waals surface area (Å²) in [7, 11) is 1.67. The molecule has 1 saturated heterocycles. The number of nitriles is 1. The Morgan fingerprint density at radius 1 is 1.38 bits per heavy atom. The highest BCUT2D eigenvalue weighted by Crippen LogP contribution is 2.29. The number of piperidine rings is 1. The Kier molecular flexibility index (Phi) is 5.01. The van der Waals surface area contributed by atoms with E-state index in [1.807, 2.05) is 12.1 Å². The first-order valence-corrected chi connectivity index (χ1v) is 9.27. The lowest BCUT2D eigenvalue weighted by atomic mass is 10.00. The molecule has 1 aliphatic rings. The zero-order chi connectivity index (χ0) is 20.4. The minimum Gasteiger partial charge on any atom is -0.378 e. The maximum atomic E-state index is 11.9. The Balaban J connectivity index is 1.57. The Bertz CT molecular complexity index is 1070. The van der Waals surface area contributed by atoms with E-state index >= 15 is 0 Å².